The van der Waals surface area contributed by atoms with Crippen LogP contribution in [0.25, 0.3) is 0 Å². The molecule has 3 nitrogen and oxygen atoms in total. The molecule has 1 atom stereocenters. The molecule has 0 aromatic heterocycles. The summed E-state index contributed by atoms with van der Waals surface area (Å²) in [4.78, 5) is 10.6. The Kier molecular flexibility index (Phi) is 4.55. The first-order valence-electron chi connectivity index (χ1n) is 5.91. The van der Waals surface area contributed by atoms with E-state index in [2.05, 4.69) is 26.0 Å². The molecule has 0 bridgehead atoms. The van der Waals surface area contributed by atoms with Crippen LogP contribution in [-0.2, 0) is 10.2 Å². The molecule has 3 heteroatoms. The van der Waals surface area contributed by atoms with E-state index in [4.69, 9.17) is 9.84 Å². The zero-order valence-corrected chi connectivity index (χ0v) is 10.6. The summed E-state index contributed by atoms with van der Waals surface area (Å²) in [5, 5.41) is 8.66. The lowest BCUT2D eigenvalue weighted by atomic mass is 9.79. The number of carbonyl (C=O) groups is 1. The SMILES string of the molecule is CCC(CC(C)(C)c1ccccc1)OC(=O)O. The minimum absolute atomic E-state index is 0.0859. The van der Waals surface area contributed by atoms with E-state index in [0.717, 1.165) is 0 Å². The van der Waals surface area contributed by atoms with Gasteiger partial charge in [-0.25, -0.2) is 4.79 Å². The molecule has 0 fully saturated rings. The van der Waals surface area contributed by atoms with Crippen molar-refractivity contribution in [2.45, 2.75) is 45.1 Å². The van der Waals surface area contributed by atoms with Gasteiger partial charge in [-0.3, -0.25) is 0 Å². The minimum Gasteiger partial charge on any atom is -0.450 e. The molecule has 0 spiro atoms. The largest absolute Gasteiger partial charge is 0.506 e. The summed E-state index contributed by atoms with van der Waals surface area (Å²) < 4.78 is 4.87. The Bertz CT molecular complexity index is 357. The van der Waals surface area contributed by atoms with Gasteiger partial charge in [-0.2, -0.15) is 0 Å². The van der Waals surface area contributed by atoms with Gasteiger partial charge in [0.05, 0.1) is 0 Å². The van der Waals surface area contributed by atoms with Crippen LogP contribution in [0.15, 0.2) is 30.3 Å². The highest BCUT2D eigenvalue weighted by atomic mass is 16.7. The molecule has 0 heterocycles. The molecule has 94 valence electrons. The molecule has 0 radical (unpaired) electrons. The molecule has 0 saturated carbocycles. The van der Waals surface area contributed by atoms with Crippen molar-refractivity contribution >= 4 is 6.16 Å². The van der Waals surface area contributed by atoms with Crippen LogP contribution in [0, 0.1) is 0 Å². The number of benzene rings is 1. The van der Waals surface area contributed by atoms with Crippen LogP contribution in [0.5, 0.6) is 0 Å². The maximum Gasteiger partial charge on any atom is 0.506 e. The summed E-state index contributed by atoms with van der Waals surface area (Å²) in [6.45, 7) is 6.15. The van der Waals surface area contributed by atoms with E-state index < -0.39 is 6.16 Å². The van der Waals surface area contributed by atoms with Crippen LogP contribution in [-0.4, -0.2) is 17.4 Å². The van der Waals surface area contributed by atoms with Gasteiger partial charge >= 0.3 is 6.16 Å². The second kappa shape index (κ2) is 5.71. The molecule has 0 saturated heterocycles. The smallest absolute Gasteiger partial charge is 0.450 e. The van der Waals surface area contributed by atoms with E-state index in [-0.39, 0.29) is 11.5 Å². The van der Waals surface area contributed by atoms with Crippen molar-refractivity contribution in [2.24, 2.45) is 0 Å². The van der Waals surface area contributed by atoms with Crippen molar-refractivity contribution in [3.63, 3.8) is 0 Å². The fourth-order valence-electron chi connectivity index (χ4n) is 1.99. The summed E-state index contributed by atoms with van der Waals surface area (Å²) in [6.07, 6.45) is -0.0500. The van der Waals surface area contributed by atoms with Crippen molar-refractivity contribution in [3.05, 3.63) is 35.9 Å². The summed E-state index contributed by atoms with van der Waals surface area (Å²) >= 11 is 0. The first-order chi connectivity index (χ1) is 7.95. The number of hydrogen-bond donors (Lipinski definition) is 1. The molecule has 0 aliphatic rings. The van der Waals surface area contributed by atoms with Gasteiger partial charge in [0.2, 0.25) is 0 Å². The van der Waals surface area contributed by atoms with E-state index in [0.29, 0.717) is 12.8 Å². The third kappa shape index (κ3) is 4.10. The summed E-state index contributed by atoms with van der Waals surface area (Å²) in [5.74, 6) is 0. The third-order valence-electron chi connectivity index (χ3n) is 3.02. The average Bonchev–Trinajstić information content (AvgIpc) is 2.28. The maximum absolute atomic E-state index is 10.6. The molecule has 0 aliphatic heterocycles. The Morgan fingerprint density at radius 2 is 1.94 bits per heavy atom. The van der Waals surface area contributed by atoms with Crippen molar-refractivity contribution in [1.29, 1.82) is 0 Å². The van der Waals surface area contributed by atoms with Gasteiger partial charge in [0.25, 0.3) is 0 Å². The van der Waals surface area contributed by atoms with Crippen molar-refractivity contribution in [1.82, 2.24) is 0 Å². The van der Waals surface area contributed by atoms with Crippen LogP contribution >= 0.6 is 0 Å². The molecular formula is C14H20O3. The topological polar surface area (TPSA) is 46.5 Å². The summed E-state index contributed by atoms with van der Waals surface area (Å²) in [6, 6.07) is 10.1. The fraction of sp³-hybridized carbons (Fsp3) is 0.500. The van der Waals surface area contributed by atoms with Crippen molar-refractivity contribution in [3.8, 4) is 0 Å². The van der Waals surface area contributed by atoms with Gasteiger partial charge in [-0.1, -0.05) is 51.1 Å². The highest BCUT2D eigenvalue weighted by Crippen LogP contribution is 2.29. The highest BCUT2D eigenvalue weighted by molar-refractivity contribution is 5.57. The highest BCUT2D eigenvalue weighted by Gasteiger charge is 2.26. The van der Waals surface area contributed by atoms with E-state index in [1.807, 2.05) is 25.1 Å². The molecule has 1 rings (SSSR count). The van der Waals surface area contributed by atoms with E-state index in [9.17, 15) is 4.79 Å². The van der Waals surface area contributed by atoms with Crippen LogP contribution in [0.2, 0.25) is 0 Å². The van der Waals surface area contributed by atoms with Crippen LogP contribution in [0.1, 0.15) is 39.2 Å². The second-order valence-electron chi connectivity index (χ2n) is 4.87. The first-order valence-corrected chi connectivity index (χ1v) is 5.91. The summed E-state index contributed by atoms with van der Waals surface area (Å²) in [5.41, 5.74) is 1.12. The van der Waals surface area contributed by atoms with E-state index in [1.54, 1.807) is 0 Å². The maximum atomic E-state index is 10.6. The molecule has 1 unspecified atom stereocenters. The van der Waals surface area contributed by atoms with Crippen molar-refractivity contribution < 1.29 is 14.6 Å². The average molecular weight is 236 g/mol. The van der Waals surface area contributed by atoms with Crippen molar-refractivity contribution in [2.75, 3.05) is 0 Å². The molecular weight excluding hydrogens is 216 g/mol. The predicted octanol–water partition coefficient (Wildman–Crippen LogP) is 3.83. The van der Waals surface area contributed by atoms with Gasteiger partial charge in [-0.05, 0) is 23.8 Å². The Labute approximate surface area is 102 Å². The number of carboxylic acid groups (broad SMARTS) is 1. The number of ether oxygens (including phenoxy) is 1. The lowest BCUT2D eigenvalue weighted by Crippen LogP contribution is -2.27. The zero-order chi connectivity index (χ0) is 12.9. The Morgan fingerprint density at radius 3 is 2.41 bits per heavy atom. The number of hydrogen-bond acceptors (Lipinski definition) is 2. The van der Waals surface area contributed by atoms with E-state index in [1.165, 1.54) is 5.56 Å². The zero-order valence-electron chi connectivity index (χ0n) is 10.6. The van der Waals surface area contributed by atoms with Gasteiger partial charge in [0.15, 0.2) is 0 Å². The minimum atomic E-state index is -1.19. The second-order valence-corrected chi connectivity index (χ2v) is 4.87. The molecule has 1 aromatic rings. The van der Waals surface area contributed by atoms with Crippen LogP contribution < -0.4 is 0 Å². The fourth-order valence-corrected chi connectivity index (χ4v) is 1.99. The van der Waals surface area contributed by atoms with E-state index >= 15 is 0 Å². The quantitative estimate of drug-likeness (QED) is 0.790. The lowest BCUT2D eigenvalue weighted by Gasteiger charge is -2.29. The van der Waals surface area contributed by atoms with Gasteiger partial charge in [0.1, 0.15) is 6.10 Å². The Morgan fingerprint density at radius 1 is 1.35 bits per heavy atom. The standard InChI is InChI=1S/C14H20O3/c1-4-12(17-13(15)16)10-14(2,3)11-8-6-5-7-9-11/h5-9,12H,4,10H2,1-3H3,(H,15,16). The molecule has 0 amide bonds. The molecule has 1 N–H and O–H groups in total. The lowest BCUT2D eigenvalue weighted by molar-refractivity contribution is 0.0383. The summed E-state index contributed by atoms with van der Waals surface area (Å²) in [7, 11) is 0. The van der Waals surface area contributed by atoms with Gasteiger partial charge in [0, 0.05) is 0 Å². The third-order valence-corrected chi connectivity index (χ3v) is 3.02. The Balaban J connectivity index is 2.74. The van der Waals surface area contributed by atoms with Gasteiger partial charge < -0.3 is 9.84 Å². The molecule has 0 aliphatic carbocycles. The normalized spacial score (nSPS) is 13.1. The predicted molar refractivity (Wildman–Crippen MR) is 67.3 cm³/mol. The Hall–Kier alpha value is -1.51. The van der Waals surface area contributed by atoms with Gasteiger partial charge in [-0.15, -0.1) is 0 Å². The number of rotatable bonds is 5. The molecule has 17 heavy (non-hydrogen) atoms. The molecule has 1 aromatic carbocycles. The monoisotopic (exact) mass is 236 g/mol. The van der Waals surface area contributed by atoms with Crippen LogP contribution in [0.3, 0.4) is 0 Å². The first kappa shape index (κ1) is 13.6. The van der Waals surface area contributed by atoms with Crippen LogP contribution in [0.4, 0.5) is 4.79 Å².